The first-order valence-corrected chi connectivity index (χ1v) is 7.56. The van der Waals surface area contributed by atoms with Crippen LogP contribution in [0.3, 0.4) is 0 Å². The molecule has 0 spiro atoms. The third-order valence-corrected chi connectivity index (χ3v) is 3.37. The number of nitrogens with one attached hydrogen (secondary N) is 2. The van der Waals surface area contributed by atoms with Crippen molar-refractivity contribution < 1.29 is 18.3 Å². The second kappa shape index (κ2) is 7.75. The normalized spacial score (nSPS) is 10.6. The summed E-state index contributed by atoms with van der Waals surface area (Å²) < 4.78 is 33.5. The first-order chi connectivity index (χ1) is 9.52. The summed E-state index contributed by atoms with van der Waals surface area (Å²) in [5, 5.41) is 8.66. The molecule has 0 aliphatic carbocycles. The molecule has 0 radical (unpaired) electrons. The topological polar surface area (TPSA) is 87.7 Å². The van der Waals surface area contributed by atoms with Crippen LogP contribution in [0.2, 0.25) is 0 Å². The summed E-state index contributed by atoms with van der Waals surface area (Å²) in [4.78, 5) is 0. The predicted molar refractivity (Wildman–Crippen MR) is 77.8 cm³/mol. The zero-order valence-electron chi connectivity index (χ0n) is 11.4. The Labute approximate surface area is 119 Å². The van der Waals surface area contributed by atoms with Gasteiger partial charge in [-0.25, -0.2) is 0 Å². The van der Waals surface area contributed by atoms with Gasteiger partial charge in [-0.3, -0.25) is 4.72 Å². The molecule has 0 bridgehead atoms. The third kappa shape index (κ3) is 5.09. The average molecular weight is 298 g/mol. The highest BCUT2D eigenvalue weighted by Crippen LogP contribution is 2.25. The van der Waals surface area contributed by atoms with Gasteiger partial charge in [0.2, 0.25) is 0 Å². The lowest BCUT2D eigenvalue weighted by atomic mass is 10.2. The lowest BCUT2D eigenvalue weighted by Crippen LogP contribution is -2.30. The molecule has 0 unspecified atom stereocenters. The molecule has 0 aliphatic heterocycles. The molecule has 0 atom stereocenters. The van der Waals surface area contributed by atoms with Gasteiger partial charge in [-0.15, -0.1) is 0 Å². The Kier molecular flexibility index (Phi) is 6.31. The third-order valence-electron chi connectivity index (χ3n) is 2.30. The van der Waals surface area contributed by atoms with Crippen LogP contribution in [-0.2, 0) is 10.2 Å². The Morgan fingerprint density at radius 2 is 2.15 bits per heavy atom. The van der Waals surface area contributed by atoms with E-state index in [0.717, 1.165) is 0 Å². The molecule has 3 N–H and O–H groups in total. The fourth-order valence-corrected chi connectivity index (χ4v) is 2.42. The number of anilines is 1. The van der Waals surface area contributed by atoms with Crippen LogP contribution < -0.4 is 14.2 Å². The van der Waals surface area contributed by atoms with E-state index in [9.17, 15) is 8.42 Å². The van der Waals surface area contributed by atoms with Gasteiger partial charge in [-0.2, -0.15) is 13.1 Å². The van der Waals surface area contributed by atoms with E-state index in [1.54, 1.807) is 18.2 Å². The highest BCUT2D eigenvalue weighted by molar-refractivity contribution is 7.90. The number of benzene rings is 1. The lowest BCUT2D eigenvalue weighted by molar-refractivity contribution is 0.350. The maximum Gasteiger partial charge on any atom is 0.299 e. The zero-order valence-corrected chi connectivity index (χ0v) is 12.3. The summed E-state index contributed by atoms with van der Waals surface area (Å²) >= 11 is 0. The van der Waals surface area contributed by atoms with Crippen LogP contribution in [0.1, 0.15) is 18.9 Å². The Hall–Kier alpha value is -1.75. The van der Waals surface area contributed by atoms with Crippen LogP contribution in [0.25, 0.3) is 0 Å². The number of aliphatic hydroxyl groups is 1. The van der Waals surface area contributed by atoms with Crippen LogP contribution in [0, 0.1) is 11.8 Å². The minimum absolute atomic E-state index is 0.259. The SMILES string of the molecule is CCCNS(=O)(=O)Nc1cc(C#CCO)ccc1OC. The second-order valence-corrected chi connectivity index (χ2v) is 5.37. The molecular weight excluding hydrogens is 280 g/mol. The van der Waals surface area contributed by atoms with Crippen LogP contribution in [0.15, 0.2) is 18.2 Å². The molecule has 110 valence electrons. The van der Waals surface area contributed by atoms with Crippen LogP contribution in [0.4, 0.5) is 5.69 Å². The van der Waals surface area contributed by atoms with Crippen molar-refractivity contribution in [3.8, 4) is 17.6 Å². The predicted octanol–water partition coefficient (Wildman–Crippen LogP) is 0.695. The summed E-state index contributed by atoms with van der Waals surface area (Å²) in [6.45, 7) is 1.96. The number of aliphatic hydroxyl groups excluding tert-OH is 1. The van der Waals surface area contributed by atoms with Crippen molar-refractivity contribution in [2.45, 2.75) is 13.3 Å². The first-order valence-electron chi connectivity index (χ1n) is 6.07. The van der Waals surface area contributed by atoms with Crippen molar-refractivity contribution in [2.24, 2.45) is 0 Å². The highest BCUT2D eigenvalue weighted by Gasteiger charge is 2.12. The number of rotatable bonds is 6. The van der Waals surface area contributed by atoms with Gasteiger partial charge in [-0.05, 0) is 24.6 Å². The lowest BCUT2D eigenvalue weighted by Gasteiger charge is -2.12. The number of ether oxygens (including phenoxy) is 1. The smallest absolute Gasteiger partial charge is 0.299 e. The Morgan fingerprint density at radius 3 is 2.75 bits per heavy atom. The largest absolute Gasteiger partial charge is 0.495 e. The van der Waals surface area contributed by atoms with Crippen molar-refractivity contribution in [1.82, 2.24) is 4.72 Å². The Balaban J connectivity index is 3.02. The van der Waals surface area contributed by atoms with Gasteiger partial charge in [-0.1, -0.05) is 18.8 Å². The van der Waals surface area contributed by atoms with Gasteiger partial charge < -0.3 is 9.84 Å². The molecule has 0 heterocycles. The van der Waals surface area contributed by atoms with Gasteiger partial charge in [0.25, 0.3) is 10.2 Å². The van der Waals surface area contributed by atoms with E-state index in [4.69, 9.17) is 9.84 Å². The van der Waals surface area contributed by atoms with E-state index in [2.05, 4.69) is 21.3 Å². The van der Waals surface area contributed by atoms with Crippen molar-refractivity contribution in [3.05, 3.63) is 23.8 Å². The number of hydrogen-bond acceptors (Lipinski definition) is 4. The molecule has 0 amide bonds. The fourth-order valence-electron chi connectivity index (χ4n) is 1.42. The van der Waals surface area contributed by atoms with E-state index in [0.29, 0.717) is 30.0 Å². The molecule has 0 saturated heterocycles. The standard InChI is InChI=1S/C13H18N2O4S/c1-3-8-14-20(17,18)15-12-10-11(5-4-9-16)6-7-13(12)19-2/h6-7,10,14-16H,3,8-9H2,1-2H3. The first kappa shape index (κ1) is 16.3. The Bertz CT molecular complexity index is 603. The quantitative estimate of drug-likeness (QED) is 0.675. The van der Waals surface area contributed by atoms with Crippen molar-refractivity contribution in [1.29, 1.82) is 0 Å². The van der Waals surface area contributed by atoms with E-state index < -0.39 is 10.2 Å². The number of hydrogen-bond donors (Lipinski definition) is 3. The van der Waals surface area contributed by atoms with Crippen molar-refractivity contribution in [3.63, 3.8) is 0 Å². The van der Waals surface area contributed by atoms with Gasteiger partial charge in [0.05, 0.1) is 12.8 Å². The van der Waals surface area contributed by atoms with E-state index in [-0.39, 0.29) is 6.61 Å². The average Bonchev–Trinajstić information content (AvgIpc) is 2.43. The summed E-state index contributed by atoms with van der Waals surface area (Å²) in [6.07, 6.45) is 0.695. The van der Waals surface area contributed by atoms with Crippen LogP contribution in [0.5, 0.6) is 5.75 Å². The summed E-state index contributed by atoms with van der Waals surface area (Å²) in [6, 6.07) is 4.84. The monoisotopic (exact) mass is 298 g/mol. The minimum Gasteiger partial charge on any atom is -0.495 e. The van der Waals surface area contributed by atoms with Gasteiger partial charge in [0, 0.05) is 12.1 Å². The molecule has 1 aromatic carbocycles. The molecule has 7 heteroatoms. The molecular formula is C13H18N2O4S. The van der Waals surface area contributed by atoms with E-state index >= 15 is 0 Å². The van der Waals surface area contributed by atoms with Crippen LogP contribution >= 0.6 is 0 Å². The van der Waals surface area contributed by atoms with Gasteiger partial charge >= 0.3 is 0 Å². The van der Waals surface area contributed by atoms with Crippen LogP contribution in [-0.4, -0.2) is 33.8 Å². The van der Waals surface area contributed by atoms with Crippen molar-refractivity contribution >= 4 is 15.9 Å². The molecule has 0 aliphatic rings. The van der Waals surface area contributed by atoms with Gasteiger partial charge in [0.15, 0.2) is 0 Å². The minimum atomic E-state index is -3.64. The molecule has 6 nitrogen and oxygen atoms in total. The van der Waals surface area contributed by atoms with Crippen molar-refractivity contribution in [2.75, 3.05) is 25.0 Å². The van der Waals surface area contributed by atoms with E-state index in [1.165, 1.54) is 7.11 Å². The maximum atomic E-state index is 11.8. The molecule has 0 fully saturated rings. The molecule has 0 aromatic heterocycles. The summed E-state index contributed by atoms with van der Waals surface area (Å²) in [7, 11) is -2.19. The Morgan fingerprint density at radius 1 is 1.40 bits per heavy atom. The van der Waals surface area contributed by atoms with E-state index in [1.807, 2.05) is 6.92 Å². The molecule has 1 rings (SSSR count). The maximum absolute atomic E-state index is 11.8. The molecule has 20 heavy (non-hydrogen) atoms. The number of methoxy groups -OCH3 is 1. The van der Waals surface area contributed by atoms with Gasteiger partial charge in [0.1, 0.15) is 12.4 Å². The highest BCUT2D eigenvalue weighted by atomic mass is 32.2. The molecule has 1 aromatic rings. The zero-order chi connectivity index (χ0) is 15.0. The fraction of sp³-hybridized carbons (Fsp3) is 0.385. The second-order valence-electron chi connectivity index (χ2n) is 3.87. The summed E-state index contributed by atoms with van der Waals surface area (Å²) in [5.74, 6) is 5.59. The summed E-state index contributed by atoms with van der Waals surface area (Å²) in [5.41, 5.74) is 0.869. The molecule has 0 saturated carbocycles.